The molecule has 0 aliphatic carbocycles. The maximum absolute atomic E-state index is 13.4. The maximum Gasteiger partial charge on any atom is 0.417 e. The number of nitrogens with two attached hydrogens (primary N) is 1. The number of thioether (sulfide) groups is 1. The molecule has 0 aliphatic rings. The summed E-state index contributed by atoms with van der Waals surface area (Å²) in [6, 6.07) is 5.56. The van der Waals surface area contributed by atoms with Crippen LogP contribution in [0.4, 0.5) is 13.2 Å². The maximum atomic E-state index is 13.4. The van der Waals surface area contributed by atoms with E-state index in [1.807, 2.05) is 0 Å². The van der Waals surface area contributed by atoms with Crippen LogP contribution in [0.1, 0.15) is 18.1 Å². The van der Waals surface area contributed by atoms with Gasteiger partial charge in [-0.3, -0.25) is 9.59 Å². The van der Waals surface area contributed by atoms with Crippen LogP contribution in [0.25, 0.3) is 10.6 Å². The van der Waals surface area contributed by atoms with Crippen LogP contribution >= 0.6 is 23.1 Å². The van der Waals surface area contributed by atoms with Crippen molar-refractivity contribution in [3.63, 3.8) is 0 Å². The highest BCUT2D eigenvalue weighted by molar-refractivity contribution is 7.99. The molecule has 0 unspecified atom stereocenters. The predicted molar refractivity (Wildman–Crippen MR) is 92.7 cm³/mol. The molecule has 6 nitrogen and oxygen atoms in total. The van der Waals surface area contributed by atoms with Crippen molar-refractivity contribution in [2.24, 2.45) is 5.73 Å². The fraction of sp³-hybridized carbons (Fsp3) is 0.250. The number of carbonyl (C=O) groups is 2. The molecule has 11 heteroatoms. The van der Waals surface area contributed by atoms with Crippen LogP contribution in [0.15, 0.2) is 28.6 Å². The van der Waals surface area contributed by atoms with Gasteiger partial charge >= 0.3 is 12.1 Å². The summed E-state index contributed by atoms with van der Waals surface area (Å²) in [5.74, 6) is -2.17. The molecule has 0 fully saturated rings. The number of rotatable bonds is 6. The van der Waals surface area contributed by atoms with Crippen molar-refractivity contribution in [1.29, 1.82) is 5.26 Å². The van der Waals surface area contributed by atoms with Crippen LogP contribution in [0.3, 0.4) is 0 Å². The standard InChI is InChI=1S/C16H12F3N3O3S2/c1-8(14(21)24)25-13(23)7-27-15-9(6-20)10(16(17,18)19)5-11(22-15)12-3-2-4-26-12/h2-5,8H,7H2,1H3,(H2,21,24)/t8-/m0/s1. The number of primary amides is 1. The van der Waals surface area contributed by atoms with Gasteiger partial charge in [0, 0.05) is 0 Å². The Morgan fingerprint density at radius 3 is 2.70 bits per heavy atom. The van der Waals surface area contributed by atoms with Crippen molar-refractivity contribution in [1.82, 2.24) is 4.98 Å². The zero-order chi connectivity index (χ0) is 20.2. The van der Waals surface area contributed by atoms with Gasteiger partial charge in [-0.2, -0.15) is 18.4 Å². The lowest BCUT2D eigenvalue weighted by Gasteiger charge is -2.14. The number of aromatic nitrogens is 1. The summed E-state index contributed by atoms with van der Waals surface area (Å²) in [7, 11) is 0. The molecule has 0 bridgehead atoms. The second kappa shape index (κ2) is 8.41. The summed E-state index contributed by atoms with van der Waals surface area (Å²) in [6.07, 6.45) is -5.94. The van der Waals surface area contributed by atoms with E-state index >= 15 is 0 Å². The predicted octanol–water partition coefficient (Wildman–Crippen LogP) is 3.21. The molecule has 2 rings (SSSR count). The Hall–Kier alpha value is -2.58. The summed E-state index contributed by atoms with van der Waals surface area (Å²) in [6.45, 7) is 1.27. The van der Waals surface area contributed by atoms with E-state index in [4.69, 9.17) is 10.5 Å². The first-order chi connectivity index (χ1) is 12.6. The van der Waals surface area contributed by atoms with Gasteiger partial charge in [0.25, 0.3) is 5.91 Å². The Kier molecular flexibility index (Phi) is 6.45. The monoisotopic (exact) mass is 415 g/mol. The van der Waals surface area contributed by atoms with E-state index in [0.29, 0.717) is 16.6 Å². The molecule has 0 saturated heterocycles. The minimum absolute atomic E-state index is 0.0395. The number of esters is 1. The minimum Gasteiger partial charge on any atom is -0.452 e. The third kappa shape index (κ3) is 5.21. The molecule has 2 aromatic heterocycles. The molecule has 0 spiro atoms. The van der Waals surface area contributed by atoms with Crippen molar-refractivity contribution in [2.45, 2.75) is 24.2 Å². The smallest absolute Gasteiger partial charge is 0.417 e. The van der Waals surface area contributed by atoms with Gasteiger partial charge in [-0.25, -0.2) is 4.98 Å². The average molecular weight is 415 g/mol. The number of carbonyl (C=O) groups excluding carboxylic acids is 2. The van der Waals surface area contributed by atoms with Crippen molar-refractivity contribution < 1.29 is 27.5 Å². The minimum atomic E-state index is -4.77. The summed E-state index contributed by atoms with van der Waals surface area (Å²) >= 11 is 1.81. The number of nitrogens with zero attached hydrogens (tertiary/aromatic N) is 2. The topological polar surface area (TPSA) is 106 Å². The van der Waals surface area contributed by atoms with Crippen molar-refractivity contribution in [3.8, 4) is 16.6 Å². The second-order valence-corrected chi connectivity index (χ2v) is 7.06. The average Bonchev–Trinajstić information content (AvgIpc) is 3.12. The molecular formula is C16H12F3N3O3S2. The number of hydrogen-bond acceptors (Lipinski definition) is 7. The van der Waals surface area contributed by atoms with E-state index in [1.54, 1.807) is 17.5 Å². The number of amides is 1. The van der Waals surface area contributed by atoms with Gasteiger partial charge in [-0.15, -0.1) is 11.3 Å². The molecule has 142 valence electrons. The van der Waals surface area contributed by atoms with Crippen LogP contribution in [-0.4, -0.2) is 28.7 Å². The largest absolute Gasteiger partial charge is 0.452 e. The summed E-state index contributed by atoms with van der Waals surface area (Å²) in [5, 5.41) is 10.6. The first-order valence-corrected chi connectivity index (χ1v) is 9.17. The quantitative estimate of drug-likeness (QED) is 0.574. The molecule has 1 atom stereocenters. The Balaban J connectivity index is 2.36. The third-order valence-corrected chi connectivity index (χ3v) is 5.05. The molecular weight excluding hydrogens is 403 g/mol. The lowest BCUT2D eigenvalue weighted by atomic mass is 10.1. The zero-order valence-electron chi connectivity index (χ0n) is 13.7. The molecule has 27 heavy (non-hydrogen) atoms. The molecule has 2 N–H and O–H groups in total. The molecule has 1 amide bonds. The van der Waals surface area contributed by atoms with Crippen molar-refractivity contribution in [2.75, 3.05) is 5.75 Å². The lowest BCUT2D eigenvalue weighted by Crippen LogP contribution is -2.31. The molecule has 0 aromatic carbocycles. The third-order valence-electron chi connectivity index (χ3n) is 3.21. The first-order valence-electron chi connectivity index (χ1n) is 7.31. The molecule has 2 aromatic rings. The second-order valence-electron chi connectivity index (χ2n) is 5.15. The highest BCUT2D eigenvalue weighted by Gasteiger charge is 2.36. The number of nitriles is 1. The highest BCUT2D eigenvalue weighted by Crippen LogP contribution is 2.38. The van der Waals surface area contributed by atoms with Crippen LogP contribution in [0.2, 0.25) is 0 Å². The van der Waals surface area contributed by atoms with Gasteiger partial charge in [0.1, 0.15) is 11.1 Å². The molecule has 0 saturated carbocycles. The SMILES string of the molecule is C[C@H](OC(=O)CSc1nc(-c2cccs2)cc(C(F)(F)F)c1C#N)C(N)=O. The van der Waals surface area contributed by atoms with E-state index in [0.717, 1.165) is 6.07 Å². The number of hydrogen-bond donors (Lipinski definition) is 1. The number of halogens is 3. The Labute approximate surface area is 160 Å². The van der Waals surface area contributed by atoms with Crippen LogP contribution in [0.5, 0.6) is 0 Å². The van der Waals surface area contributed by atoms with Crippen molar-refractivity contribution >= 4 is 35.0 Å². The fourth-order valence-electron chi connectivity index (χ4n) is 1.92. The number of pyridine rings is 1. The van der Waals surface area contributed by atoms with Gasteiger partial charge < -0.3 is 10.5 Å². The molecule has 2 heterocycles. The van der Waals surface area contributed by atoms with E-state index in [-0.39, 0.29) is 10.7 Å². The first kappa shape index (κ1) is 20.7. The fourth-order valence-corrected chi connectivity index (χ4v) is 3.40. The van der Waals surface area contributed by atoms with Crippen molar-refractivity contribution in [3.05, 3.63) is 34.7 Å². The van der Waals surface area contributed by atoms with Gasteiger partial charge in [0.15, 0.2) is 6.10 Å². The van der Waals surface area contributed by atoms with Gasteiger partial charge in [-0.1, -0.05) is 17.8 Å². The van der Waals surface area contributed by atoms with Gasteiger partial charge in [0.05, 0.1) is 27.5 Å². The van der Waals surface area contributed by atoms with E-state index in [1.165, 1.54) is 24.3 Å². The van der Waals surface area contributed by atoms with Gasteiger partial charge in [-0.05, 0) is 24.4 Å². The van der Waals surface area contributed by atoms with E-state index in [2.05, 4.69) is 4.98 Å². The zero-order valence-corrected chi connectivity index (χ0v) is 15.4. The van der Waals surface area contributed by atoms with Crippen LogP contribution in [-0.2, 0) is 20.5 Å². The normalized spacial score (nSPS) is 12.3. The van der Waals surface area contributed by atoms with E-state index in [9.17, 15) is 28.0 Å². The van der Waals surface area contributed by atoms with Crippen LogP contribution < -0.4 is 5.73 Å². The number of ether oxygens (including phenoxy) is 1. The summed E-state index contributed by atoms with van der Waals surface area (Å²) < 4.78 is 44.8. The van der Waals surface area contributed by atoms with Gasteiger partial charge in [0.2, 0.25) is 0 Å². The molecule has 0 aliphatic heterocycles. The number of thiophene rings is 1. The highest BCUT2D eigenvalue weighted by atomic mass is 32.2. The molecule has 0 radical (unpaired) electrons. The van der Waals surface area contributed by atoms with Crippen LogP contribution in [0, 0.1) is 11.3 Å². The summed E-state index contributed by atoms with van der Waals surface area (Å²) in [4.78, 5) is 27.2. The Morgan fingerprint density at radius 2 is 2.19 bits per heavy atom. The lowest BCUT2D eigenvalue weighted by molar-refractivity contribution is -0.151. The van der Waals surface area contributed by atoms with E-state index < -0.39 is 41.0 Å². The summed E-state index contributed by atoms with van der Waals surface area (Å²) in [5.41, 5.74) is 3.20. The Bertz CT molecular complexity index is 893. The number of alkyl halides is 3. The Morgan fingerprint density at radius 1 is 1.48 bits per heavy atom.